The Hall–Kier alpha value is -4.92. The van der Waals surface area contributed by atoms with Crippen LogP contribution in [0.25, 0.3) is 0 Å². The Morgan fingerprint density at radius 1 is 0.783 bits per heavy atom. The molecule has 22 heteroatoms. The van der Waals surface area contributed by atoms with Crippen molar-refractivity contribution < 1.29 is 84.1 Å². The average Bonchev–Trinajstić information content (AvgIpc) is 4.00. The largest absolute Gasteiger partial charge is 0.497 e. The zero-order valence-corrected chi connectivity index (χ0v) is 39.4. The molecule has 21 nitrogen and oxygen atoms in total. The standard InChI is InChI=1S/C47H60N4O17Si/c1-22-41(69(3,4)28-14-12-27(65-2)13-15-28)31(19-32(53)50-17-5-6-26(50)21-52)68-47(22)29-18-25(49-43(61)40-36(57)34(55)38(59)45(63)67-40)11-16-30(29)51(46(47)64)20-23-7-9-24(10-8-23)48-42(60)39-35(56)33(54)37(58)44(62)66-39/h7-16,18,22,26,31,33-41,44-45,52,54-59,62-63H,5-6,17,19-21H2,1-4H3,(H,48,60)(H,49,61)/t22-,26+,31+,33+,34+,35+,36+,37-,38-,39+,40+,41-,44-,45-,47+/m1/s1. The minimum absolute atomic E-state index is 0.0376. The van der Waals surface area contributed by atoms with Crippen LogP contribution in [0.4, 0.5) is 17.1 Å². The van der Waals surface area contributed by atoms with Gasteiger partial charge in [-0.25, -0.2) is 0 Å². The van der Waals surface area contributed by atoms with Gasteiger partial charge in [-0.2, -0.15) is 0 Å². The third-order valence-corrected chi connectivity index (χ3v) is 19.0. The fourth-order valence-electron chi connectivity index (χ4n) is 10.9. The lowest BCUT2D eigenvalue weighted by Gasteiger charge is -2.37. The van der Waals surface area contributed by atoms with Gasteiger partial charge in [-0.1, -0.05) is 49.5 Å². The van der Waals surface area contributed by atoms with E-state index in [1.807, 2.05) is 31.2 Å². The van der Waals surface area contributed by atoms with Crippen molar-refractivity contribution in [3.05, 3.63) is 77.9 Å². The van der Waals surface area contributed by atoms with E-state index in [0.29, 0.717) is 35.5 Å². The van der Waals surface area contributed by atoms with Gasteiger partial charge < -0.3 is 85.3 Å². The Bertz CT molecular complexity index is 2400. The topological polar surface area (TPSA) is 318 Å². The second kappa shape index (κ2) is 19.7. The molecule has 4 saturated heterocycles. The van der Waals surface area contributed by atoms with Gasteiger partial charge in [0.05, 0.1) is 52.6 Å². The van der Waals surface area contributed by atoms with Gasteiger partial charge in [0.2, 0.25) is 5.91 Å². The predicted molar refractivity (Wildman–Crippen MR) is 245 cm³/mol. The second-order valence-corrected chi connectivity index (χ2v) is 23.8. The number of nitrogens with zero attached hydrogens (tertiary/aromatic N) is 2. The molecule has 4 amide bonds. The number of nitrogens with one attached hydrogen (secondary N) is 2. The molecule has 0 saturated carbocycles. The number of hydrogen-bond donors (Lipinski definition) is 11. The highest BCUT2D eigenvalue weighted by molar-refractivity contribution is 6.91. The molecule has 3 aromatic carbocycles. The fourth-order valence-corrected chi connectivity index (χ4v) is 14.9. The lowest BCUT2D eigenvalue weighted by atomic mass is 9.82. The fraction of sp³-hybridized carbons (Fsp3) is 0.532. The highest BCUT2D eigenvalue weighted by Crippen LogP contribution is 2.60. The third kappa shape index (κ3) is 9.07. The van der Waals surface area contributed by atoms with Crippen LogP contribution >= 0.6 is 0 Å². The zero-order valence-electron chi connectivity index (χ0n) is 38.4. The van der Waals surface area contributed by atoms with Crippen LogP contribution < -0.4 is 25.5 Å². The van der Waals surface area contributed by atoms with Crippen molar-refractivity contribution in [3.63, 3.8) is 0 Å². The predicted octanol–water partition coefficient (Wildman–Crippen LogP) is -1.69. The first kappa shape index (κ1) is 50.5. The van der Waals surface area contributed by atoms with Crippen LogP contribution in [0.5, 0.6) is 5.75 Å². The summed E-state index contributed by atoms with van der Waals surface area (Å²) >= 11 is 0. The number of amides is 4. The summed E-state index contributed by atoms with van der Waals surface area (Å²) in [6, 6.07) is 18.4. The summed E-state index contributed by atoms with van der Waals surface area (Å²) in [5.41, 5.74) is -0.436. The summed E-state index contributed by atoms with van der Waals surface area (Å²) in [6.07, 6.45) is -18.2. The quantitative estimate of drug-likeness (QED) is 0.0903. The Kier molecular flexibility index (Phi) is 14.4. The lowest BCUT2D eigenvalue weighted by molar-refractivity contribution is -0.274. The number of hydrogen-bond acceptors (Lipinski definition) is 17. The summed E-state index contributed by atoms with van der Waals surface area (Å²) in [7, 11) is -1.20. The van der Waals surface area contributed by atoms with Crippen LogP contribution in [0, 0.1) is 5.92 Å². The highest BCUT2D eigenvalue weighted by Gasteiger charge is 2.67. The summed E-state index contributed by atoms with van der Waals surface area (Å²) < 4.78 is 22.9. The Morgan fingerprint density at radius 3 is 1.91 bits per heavy atom. The maximum Gasteiger partial charge on any atom is 0.264 e. The van der Waals surface area contributed by atoms with E-state index in [1.165, 1.54) is 23.1 Å². The molecular weight excluding hydrogens is 921 g/mol. The van der Waals surface area contributed by atoms with E-state index in [0.717, 1.165) is 11.6 Å². The molecule has 4 fully saturated rings. The molecule has 0 aromatic heterocycles. The summed E-state index contributed by atoms with van der Waals surface area (Å²) in [5, 5.41) is 97.8. The number of aliphatic hydroxyl groups is 9. The minimum atomic E-state index is -2.77. The monoisotopic (exact) mass is 980 g/mol. The van der Waals surface area contributed by atoms with Crippen molar-refractivity contribution in [3.8, 4) is 5.75 Å². The van der Waals surface area contributed by atoms with Crippen LogP contribution in [0.1, 0.15) is 37.3 Å². The third-order valence-electron chi connectivity index (χ3n) is 14.6. The van der Waals surface area contributed by atoms with Gasteiger partial charge >= 0.3 is 0 Å². The number of anilines is 3. The van der Waals surface area contributed by atoms with Crippen molar-refractivity contribution in [2.24, 2.45) is 5.92 Å². The van der Waals surface area contributed by atoms with E-state index >= 15 is 4.79 Å². The SMILES string of the molecule is COc1ccc([Si](C)(C)[C@H]2[C@H](CC(=O)N3CCC[C@H]3CO)O[C@@]3(C(=O)N(Cc4ccc(NC(=O)[C@H]5O[C@@H](O)[C@H](O)[C@@H](O)[C@@H]5O)cc4)c4ccc(NC(=O)[C@H]5O[C@@H](O)[C@H](O)[C@@H](O)[C@@H]5O)cc43)[C@@H]2C)cc1. The van der Waals surface area contributed by atoms with Gasteiger partial charge in [-0.15, -0.1) is 0 Å². The van der Waals surface area contributed by atoms with Gasteiger partial charge in [0, 0.05) is 29.4 Å². The van der Waals surface area contributed by atoms with Crippen LogP contribution in [0.15, 0.2) is 66.7 Å². The highest BCUT2D eigenvalue weighted by atomic mass is 28.3. The molecule has 5 aliphatic heterocycles. The molecule has 15 atom stereocenters. The molecule has 0 radical (unpaired) electrons. The Balaban J connectivity index is 1.15. The summed E-state index contributed by atoms with van der Waals surface area (Å²) in [5.74, 6) is -2.53. The second-order valence-electron chi connectivity index (χ2n) is 19.1. The molecule has 11 N–H and O–H groups in total. The van der Waals surface area contributed by atoms with E-state index in [9.17, 15) is 60.3 Å². The van der Waals surface area contributed by atoms with Crippen molar-refractivity contribution in [2.45, 2.75) is 131 Å². The van der Waals surface area contributed by atoms with Crippen LogP contribution in [-0.4, -0.2) is 176 Å². The molecule has 3 aromatic rings. The van der Waals surface area contributed by atoms with Gasteiger partial charge in [0.25, 0.3) is 17.7 Å². The first-order valence-corrected chi connectivity index (χ1v) is 26.0. The molecular formula is C47H60N4O17Si. The Labute approximate surface area is 397 Å². The molecule has 69 heavy (non-hydrogen) atoms. The summed E-state index contributed by atoms with van der Waals surface area (Å²) in [4.78, 5) is 59.8. The van der Waals surface area contributed by atoms with Crippen LogP contribution in [0.2, 0.25) is 18.6 Å². The number of carbonyl (C=O) groups excluding carboxylic acids is 4. The normalized spacial score (nSPS) is 34.5. The van der Waals surface area contributed by atoms with Crippen molar-refractivity contribution >= 4 is 54.0 Å². The van der Waals surface area contributed by atoms with Gasteiger partial charge in [0.15, 0.2) is 30.4 Å². The van der Waals surface area contributed by atoms with Gasteiger partial charge in [0.1, 0.15) is 42.4 Å². The molecule has 0 aliphatic carbocycles. The number of likely N-dealkylation sites (tertiary alicyclic amines) is 1. The molecule has 0 unspecified atom stereocenters. The number of aliphatic hydroxyl groups excluding tert-OH is 9. The Morgan fingerprint density at radius 2 is 1.35 bits per heavy atom. The molecule has 374 valence electrons. The van der Waals surface area contributed by atoms with Crippen molar-refractivity contribution in [2.75, 3.05) is 35.8 Å². The van der Waals surface area contributed by atoms with E-state index in [-0.39, 0.29) is 48.4 Å². The smallest absolute Gasteiger partial charge is 0.264 e. The van der Waals surface area contributed by atoms with Crippen molar-refractivity contribution in [1.29, 1.82) is 0 Å². The molecule has 5 aliphatic rings. The minimum Gasteiger partial charge on any atom is -0.497 e. The van der Waals surface area contributed by atoms with E-state index in [2.05, 4.69) is 23.7 Å². The molecule has 0 bridgehead atoms. The van der Waals surface area contributed by atoms with E-state index < -0.39 is 105 Å². The zero-order chi connectivity index (χ0) is 49.9. The first-order chi connectivity index (χ1) is 32.7. The molecule has 1 spiro atoms. The van der Waals surface area contributed by atoms with Gasteiger partial charge in [-0.3, -0.25) is 19.2 Å². The molecule has 8 rings (SSSR count). The number of carbonyl (C=O) groups is 4. The number of rotatable bonds is 12. The van der Waals surface area contributed by atoms with Crippen LogP contribution in [-0.2, 0) is 45.5 Å². The molecule has 5 heterocycles. The average molecular weight is 981 g/mol. The van der Waals surface area contributed by atoms with Crippen molar-refractivity contribution in [1.82, 2.24) is 4.90 Å². The number of methoxy groups -OCH3 is 1. The summed E-state index contributed by atoms with van der Waals surface area (Å²) in [6.45, 7) is 6.45. The van der Waals surface area contributed by atoms with E-state index in [1.54, 1.807) is 36.3 Å². The lowest BCUT2D eigenvalue weighted by Crippen LogP contribution is -2.60. The maximum atomic E-state index is 15.6. The number of fused-ring (bicyclic) bond motifs is 2. The maximum absolute atomic E-state index is 15.6. The van der Waals surface area contributed by atoms with Gasteiger partial charge in [-0.05, 0) is 66.4 Å². The number of ether oxygens (including phenoxy) is 4. The number of benzene rings is 3. The van der Waals surface area contributed by atoms with E-state index in [4.69, 9.17) is 18.9 Å². The van der Waals surface area contributed by atoms with Crippen LogP contribution in [0.3, 0.4) is 0 Å². The first-order valence-electron chi connectivity index (χ1n) is 22.9.